The maximum absolute atomic E-state index is 12.3. The fourth-order valence-corrected chi connectivity index (χ4v) is 3.90. The van der Waals surface area contributed by atoms with Gasteiger partial charge in [0, 0.05) is 5.69 Å². The molecule has 0 bridgehead atoms. The first-order valence-corrected chi connectivity index (χ1v) is 9.93. The van der Waals surface area contributed by atoms with E-state index in [2.05, 4.69) is 20.2 Å². The predicted molar refractivity (Wildman–Crippen MR) is 111 cm³/mol. The zero-order valence-corrected chi connectivity index (χ0v) is 16.0. The van der Waals surface area contributed by atoms with Gasteiger partial charge in [0.1, 0.15) is 5.82 Å². The lowest BCUT2D eigenvalue weighted by molar-refractivity contribution is 0.575. The number of rotatable bonds is 5. The van der Waals surface area contributed by atoms with E-state index >= 15 is 0 Å². The Morgan fingerprint density at radius 2 is 1.79 bits per heavy atom. The maximum atomic E-state index is 12.3. The smallest absolute Gasteiger partial charge is 0.258 e. The van der Waals surface area contributed by atoms with E-state index in [1.165, 1.54) is 11.8 Å². The van der Waals surface area contributed by atoms with Crippen LogP contribution in [0.4, 0.5) is 0 Å². The molecular formula is C21H15N5O2S. The van der Waals surface area contributed by atoms with Crippen LogP contribution in [0.2, 0.25) is 0 Å². The van der Waals surface area contributed by atoms with E-state index in [0.29, 0.717) is 39.2 Å². The minimum Gasteiger partial charge on any atom is -0.461 e. The standard InChI is InChI=1S/C21H15N5O2S/c27-20-15-9-4-5-10-16(15)22-18(23-20)13-29-21-25-24-19(17-11-6-12-28-17)26(21)14-7-2-1-3-8-14/h1-12H,13H2,(H,22,23,27). The third kappa shape index (κ3) is 3.34. The van der Waals surface area contributed by atoms with Crippen molar-refractivity contribution in [2.75, 3.05) is 0 Å². The van der Waals surface area contributed by atoms with Crippen LogP contribution in [0.5, 0.6) is 0 Å². The third-order valence-corrected chi connectivity index (χ3v) is 5.33. The fraction of sp³-hybridized carbons (Fsp3) is 0.0476. The van der Waals surface area contributed by atoms with Gasteiger partial charge in [0.25, 0.3) is 5.56 Å². The first-order chi connectivity index (χ1) is 14.3. The Balaban J connectivity index is 1.51. The first kappa shape index (κ1) is 17.4. The number of aromatic nitrogens is 5. The number of aromatic amines is 1. The molecule has 3 heterocycles. The van der Waals surface area contributed by atoms with Crippen LogP contribution in [0, 0.1) is 0 Å². The number of H-pyrrole nitrogens is 1. The first-order valence-electron chi connectivity index (χ1n) is 8.95. The van der Waals surface area contributed by atoms with Crippen LogP contribution in [-0.4, -0.2) is 24.7 Å². The highest BCUT2D eigenvalue weighted by atomic mass is 32.2. The van der Waals surface area contributed by atoms with E-state index in [-0.39, 0.29) is 5.56 Å². The molecule has 5 aromatic rings. The van der Waals surface area contributed by atoms with Crippen molar-refractivity contribution < 1.29 is 4.42 Å². The zero-order valence-electron chi connectivity index (χ0n) is 15.1. The van der Waals surface area contributed by atoms with E-state index < -0.39 is 0 Å². The Labute approximate surface area is 169 Å². The molecule has 0 aliphatic rings. The van der Waals surface area contributed by atoms with Crippen LogP contribution < -0.4 is 5.56 Å². The van der Waals surface area contributed by atoms with E-state index in [0.717, 1.165) is 5.69 Å². The Bertz CT molecular complexity index is 1330. The van der Waals surface area contributed by atoms with E-state index in [4.69, 9.17) is 4.42 Å². The molecule has 2 aromatic carbocycles. The van der Waals surface area contributed by atoms with Gasteiger partial charge in [-0.15, -0.1) is 10.2 Å². The van der Waals surface area contributed by atoms with Gasteiger partial charge in [-0.05, 0) is 36.4 Å². The summed E-state index contributed by atoms with van der Waals surface area (Å²) >= 11 is 1.45. The highest BCUT2D eigenvalue weighted by molar-refractivity contribution is 7.98. The fourth-order valence-electron chi connectivity index (χ4n) is 3.07. The van der Waals surface area contributed by atoms with Crippen molar-refractivity contribution in [3.05, 3.63) is 89.2 Å². The average Bonchev–Trinajstić information content (AvgIpc) is 3.43. The van der Waals surface area contributed by atoms with Gasteiger partial charge in [0.05, 0.1) is 22.9 Å². The molecule has 5 rings (SSSR count). The molecule has 142 valence electrons. The molecule has 0 unspecified atom stereocenters. The summed E-state index contributed by atoms with van der Waals surface area (Å²) in [6.45, 7) is 0. The maximum Gasteiger partial charge on any atom is 0.258 e. The second-order valence-corrected chi connectivity index (χ2v) is 7.22. The Morgan fingerprint density at radius 1 is 0.966 bits per heavy atom. The van der Waals surface area contributed by atoms with Gasteiger partial charge in [-0.3, -0.25) is 9.36 Å². The van der Waals surface area contributed by atoms with Crippen molar-refractivity contribution in [2.45, 2.75) is 10.9 Å². The van der Waals surface area contributed by atoms with Crippen LogP contribution in [0.3, 0.4) is 0 Å². The van der Waals surface area contributed by atoms with Crippen LogP contribution in [0.25, 0.3) is 28.2 Å². The molecular weight excluding hydrogens is 386 g/mol. The van der Waals surface area contributed by atoms with Gasteiger partial charge in [0.15, 0.2) is 10.9 Å². The summed E-state index contributed by atoms with van der Waals surface area (Å²) in [5, 5.41) is 9.92. The van der Waals surface area contributed by atoms with Crippen molar-refractivity contribution >= 4 is 22.7 Å². The second-order valence-electron chi connectivity index (χ2n) is 6.27. The Kier molecular flexibility index (Phi) is 4.45. The summed E-state index contributed by atoms with van der Waals surface area (Å²) in [6, 6.07) is 20.8. The highest BCUT2D eigenvalue weighted by Gasteiger charge is 2.18. The van der Waals surface area contributed by atoms with Crippen molar-refractivity contribution in [1.82, 2.24) is 24.7 Å². The number of para-hydroxylation sites is 2. The minimum atomic E-state index is -0.146. The van der Waals surface area contributed by atoms with Crippen molar-refractivity contribution in [3.63, 3.8) is 0 Å². The van der Waals surface area contributed by atoms with Gasteiger partial charge < -0.3 is 9.40 Å². The molecule has 0 fully saturated rings. The Hall–Kier alpha value is -3.65. The number of nitrogens with zero attached hydrogens (tertiary/aromatic N) is 4. The van der Waals surface area contributed by atoms with Gasteiger partial charge in [-0.25, -0.2) is 4.98 Å². The molecule has 7 nitrogen and oxygen atoms in total. The molecule has 8 heteroatoms. The summed E-state index contributed by atoms with van der Waals surface area (Å²) in [7, 11) is 0. The lowest BCUT2D eigenvalue weighted by Crippen LogP contribution is -2.11. The third-order valence-electron chi connectivity index (χ3n) is 4.39. The monoisotopic (exact) mass is 401 g/mol. The number of furan rings is 1. The molecule has 1 N–H and O–H groups in total. The van der Waals surface area contributed by atoms with Crippen LogP contribution in [0.1, 0.15) is 5.82 Å². The molecule has 0 amide bonds. The SMILES string of the molecule is O=c1[nH]c(CSc2nnc(-c3ccco3)n2-c2ccccc2)nc2ccccc12. The largest absolute Gasteiger partial charge is 0.461 e. The van der Waals surface area contributed by atoms with Gasteiger partial charge in [-0.1, -0.05) is 42.1 Å². The quantitative estimate of drug-likeness (QED) is 0.447. The number of fused-ring (bicyclic) bond motifs is 1. The topological polar surface area (TPSA) is 89.6 Å². The predicted octanol–water partition coefficient (Wildman–Crippen LogP) is 4.06. The van der Waals surface area contributed by atoms with Crippen molar-refractivity contribution in [2.24, 2.45) is 0 Å². The summed E-state index contributed by atoms with van der Waals surface area (Å²) in [5.41, 5.74) is 1.45. The zero-order chi connectivity index (χ0) is 19.6. The number of hydrogen-bond donors (Lipinski definition) is 1. The summed E-state index contributed by atoms with van der Waals surface area (Å²) in [5.74, 6) is 2.28. The molecule has 0 atom stereocenters. The molecule has 0 radical (unpaired) electrons. The molecule has 29 heavy (non-hydrogen) atoms. The van der Waals surface area contributed by atoms with E-state index in [1.54, 1.807) is 12.3 Å². The molecule has 0 aliphatic heterocycles. The van der Waals surface area contributed by atoms with Crippen molar-refractivity contribution in [1.29, 1.82) is 0 Å². The molecule has 0 spiro atoms. The van der Waals surface area contributed by atoms with E-state index in [9.17, 15) is 4.79 Å². The number of hydrogen-bond acceptors (Lipinski definition) is 6. The second kappa shape index (κ2) is 7.40. The summed E-state index contributed by atoms with van der Waals surface area (Å²) < 4.78 is 7.46. The van der Waals surface area contributed by atoms with Gasteiger partial charge in [0.2, 0.25) is 5.82 Å². The lowest BCUT2D eigenvalue weighted by Gasteiger charge is -2.09. The van der Waals surface area contributed by atoms with Crippen LogP contribution in [-0.2, 0) is 5.75 Å². The molecule has 0 saturated carbocycles. The molecule has 0 aliphatic carbocycles. The number of benzene rings is 2. The summed E-state index contributed by atoms with van der Waals surface area (Å²) in [6.07, 6.45) is 1.61. The van der Waals surface area contributed by atoms with Crippen molar-refractivity contribution in [3.8, 4) is 17.3 Å². The van der Waals surface area contributed by atoms with Gasteiger partial charge >= 0.3 is 0 Å². The summed E-state index contributed by atoms with van der Waals surface area (Å²) in [4.78, 5) is 19.7. The van der Waals surface area contributed by atoms with Gasteiger partial charge in [-0.2, -0.15) is 0 Å². The average molecular weight is 401 g/mol. The Morgan fingerprint density at radius 3 is 2.62 bits per heavy atom. The van der Waals surface area contributed by atoms with E-state index in [1.807, 2.05) is 65.2 Å². The lowest BCUT2D eigenvalue weighted by atomic mass is 10.2. The molecule has 3 aromatic heterocycles. The normalized spacial score (nSPS) is 11.2. The van der Waals surface area contributed by atoms with Crippen LogP contribution >= 0.6 is 11.8 Å². The number of thioether (sulfide) groups is 1. The highest BCUT2D eigenvalue weighted by Crippen LogP contribution is 2.29. The minimum absolute atomic E-state index is 0.146. The van der Waals surface area contributed by atoms with Crippen LogP contribution in [0.15, 0.2) is 87.4 Å². The molecule has 0 saturated heterocycles. The number of nitrogens with one attached hydrogen (secondary N) is 1.